The Labute approximate surface area is 168 Å². The smallest absolute Gasteiger partial charge is 0.223 e. The topological polar surface area (TPSA) is 74.0 Å². The van der Waals surface area contributed by atoms with Gasteiger partial charge in [0.25, 0.3) is 0 Å². The summed E-state index contributed by atoms with van der Waals surface area (Å²) in [6, 6.07) is 14.3. The number of carbonyl (C=O) groups is 2. The quantitative estimate of drug-likeness (QED) is 0.551. The first-order valence-corrected chi connectivity index (χ1v) is 9.96. The summed E-state index contributed by atoms with van der Waals surface area (Å²) in [6.45, 7) is 1.03. The van der Waals surface area contributed by atoms with Crippen LogP contribution in [0.4, 0.5) is 4.39 Å². The number of nitrogens with one attached hydrogen (secondary N) is 3. The molecule has 2 aromatic carbocycles. The van der Waals surface area contributed by atoms with Crippen molar-refractivity contribution in [3.8, 4) is 0 Å². The van der Waals surface area contributed by atoms with Crippen LogP contribution in [0.5, 0.6) is 0 Å². The highest BCUT2D eigenvalue weighted by Gasteiger charge is 2.47. The van der Waals surface area contributed by atoms with Crippen LogP contribution in [0.1, 0.15) is 17.5 Å². The average Bonchev–Trinajstić information content (AvgIpc) is 3.44. The summed E-state index contributed by atoms with van der Waals surface area (Å²) < 4.78 is 12.9. The molecule has 6 heteroatoms. The maximum absolute atomic E-state index is 12.9. The van der Waals surface area contributed by atoms with Gasteiger partial charge in [0.2, 0.25) is 11.8 Å². The number of carbonyl (C=O) groups excluding carboxylic acids is 2. The van der Waals surface area contributed by atoms with Gasteiger partial charge in [-0.25, -0.2) is 4.39 Å². The molecule has 1 heterocycles. The van der Waals surface area contributed by atoms with Gasteiger partial charge >= 0.3 is 0 Å². The van der Waals surface area contributed by atoms with Crippen LogP contribution in [-0.2, 0) is 22.4 Å². The number of aromatic amines is 1. The summed E-state index contributed by atoms with van der Waals surface area (Å²) in [6.07, 6.45) is 3.96. The van der Waals surface area contributed by atoms with Crippen molar-refractivity contribution in [1.29, 1.82) is 0 Å². The molecule has 2 atom stereocenters. The van der Waals surface area contributed by atoms with Crippen LogP contribution in [0.3, 0.4) is 0 Å². The fourth-order valence-electron chi connectivity index (χ4n) is 3.68. The van der Waals surface area contributed by atoms with Crippen LogP contribution >= 0.6 is 0 Å². The highest BCUT2D eigenvalue weighted by molar-refractivity contribution is 5.92. The zero-order valence-corrected chi connectivity index (χ0v) is 16.1. The largest absolute Gasteiger partial charge is 0.361 e. The molecule has 3 aromatic rings. The summed E-state index contributed by atoms with van der Waals surface area (Å²) in [5, 5.41) is 7.00. The molecule has 1 aliphatic carbocycles. The fourth-order valence-corrected chi connectivity index (χ4v) is 3.68. The summed E-state index contributed by atoms with van der Waals surface area (Å²) >= 11 is 0. The van der Waals surface area contributed by atoms with E-state index < -0.39 is 0 Å². The highest BCUT2D eigenvalue weighted by Crippen LogP contribution is 2.38. The predicted molar refractivity (Wildman–Crippen MR) is 110 cm³/mol. The monoisotopic (exact) mass is 393 g/mol. The maximum atomic E-state index is 12.9. The minimum atomic E-state index is -0.269. The first kappa shape index (κ1) is 19.2. The van der Waals surface area contributed by atoms with E-state index >= 15 is 0 Å². The molecular formula is C23H24FN3O2. The highest BCUT2D eigenvalue weighted by atomic mass is 19.1. The molecule has 5 nitrogen and oxygen atoms in total. The predicted octanol–water partition coefficient (Wildman–Crippen LogP) is 2.96. The van der Waals surface area contributed by atoms with Crippen LogP contribution in [0.15, 0.2) is 54.7 Å². The van der Waals surface area contributed by atoms with Gasteiger partial charge in [-0.05, 0) is 48.6 Å². The molecule has 0 aliphatic heterocycles. The van der Waals surface area contributed by atoms with Crippen molar-refractivity contribution in [2.75, 3.05) is 13.1 Å². The van der Waals surface area contributed by atoms with Crippen molar-refractivity contribution < 1.29 is 14.0 Å². The third kappa shape index (κ3) is 4.65. The van der Waals surface area contributed by atoms with Gasteiger partial charge in [-0.1, -0.05) is 30.3 Å². The molecule has 150 valence electrons. The second-order valence-corrected chi connectivity index (χ2v) is 7.52. The van der Waals surface area contributed by atoms with E-state index in [9.17, 15) is 14.0 Å². The standard InChI is InChI=1S/C23H24FN3O2/c24-17-7-5-15(6-8-17)9-11-25-22(28)19-13-20(19)23(29)26-12-10-16-14-27-21-4-2-1-3-18(16)21/h1-8,14,19-20,27H,9-13H2,(H,25,28)(H,26,29). The zero-order chi connectivity index (χ0) is 20.2. The molecule has 4 rings (SSSR count). The van der Waals surface area contributed by atoms with E-state index in [1.165, 1.54) is 23.1 Å². The number of fused-ring (bicyclic) bond motifs is 1. The number of hydrogen-bond acceptors (Lipinski definition) is 2. The minimum Gasteiger partial charge on any atom is -0.361 e. The van der Waals surface area contributed by atoms with E-state index in [0.29, 0.717) is 25.9 Å². The number of benzene rings is 2. The Bertz CT molecular complexity index is 1010. The molecule has 1 saturated carbocycles. The van der Waals surface area contributed by atoms with Crippen molar-refractivity contribution in [1.82, 2.24) is 15.6 Å². The second kappa shape index (κ2) is 8.47. The van der Waals surface area contributed by atoms with Crippen LogP contribution < -0.4 is 10.6 Å². The molecule has 29 heavy (non-hydrogen) atoms. The van der Waals surface area contributed by atoms with Crippen LogP contribution in [0.25, 0.3) is 10.9 Å². The zero-order valence-electron chi connectivity index (χ0n) is 16.1. The molecule has 3 N–H and O–H groups in total. The summed E-state index contributed by atoms with van der Waals surface area (Å²) in [7, 11) is 0. The lowest BCUT2D eigenvalue weighted by molar-refractivity contribution is -0.127. The van der Waals surface area contributed by atoms with Crippen molar-refractivity contribution in [2.24, 2.45) is 11.8 Å². The van der Waals surface area contributed by atoms with Crippen LogP contribution in [0, 0.1) is 17.7 Å². The summed E-state index contributed by atoms with van der Waals surface area (Å²) in [5.41, 5.74) is 3.23. The van der Waals surface area contributed by atoms with E-state index in [2.05, 4.69) is 21.7 Å². The van der Waals surface area contributed by atoms with Gasteiger partial charge < -0.3 is 15.6 Å². The Kier molecular flexibility index (Phi) is 5.60. The number of amides is 2. The van der Waals surface area contributed by atoms with Gasteiger partial charge in [0, 0.05) is 30.2 Å². The lowest BCUT2D eigenvalue weighted by Crippen LogP contribution is -2.32. The molecule has 0 saturated heterocycles. The Balaban J connectivity index is 1.17. The number of aromatic nitrogens is 1. The lowest BCUT2D eigenvalue weighted by atomic mass is 10.1. The molecule has 1 aliphatic rings. The van der Waals surface area contributed by atoms with E-state index in [4.69, 9.17) is 0 Å². The van der Waals surface area contributed by atoms with Crippen molar-refractivity contribution in [3.05, 3.63) is 71.7 Å². The normalized spacial score (nSPS) is 17.8. The van der Waals surface area contributed by atoms with Gasteiger partial charge in [0.1, 0.15) is 5.82 Å². The SMILES string of the molecule is O=C(NCCc1ccc(F)cc1)C1CC1C(=O)NCCc1c[nH]c2ccccc12. The summed E-state index contributed by atoms with van der Waals surface area (Å²) in [5.74, 6) is -0.873. The van der Waals surface area contributed by atoms with Gasteiger partial charge in [0.05, 0.1) is 11.8 Å². The number of rotatable bonds is 8. The molecule has 0 radical (unpaired) electrons. The molecule has 1 fully saturated rings. The average molecular weight is 393 g/mol. The van der Waals surface area contributed by atoms with Crippen molar-refractivity contribution in [3.63, 3.8) is 0 Å². The van der Waals surface area contributed by atoms with Gasteiger partial charge in [-0.15, -0.1) is 0 Å². The molecule has 2 unspecified atom stereocenters. The molecule has 0 spiro atoms. The number of para-hydroxylation sites is 1. The first-order valence-electron chi connectivity index (χ1n) is 9.96. The Hall–Kier alpha value is -3.15. The van der Waals surface area contributed by atoms with Crippen LogP contribution in [-0.4, -0.2) is 29.9 Å². The van der Waals surface area contributed by atoms with E-state index in [1.807, 2.05) is 24.4 Å². The van der Waals surface area contributed by atoms with Gasteiger partial charge in [-0.2, -0.15) is 0 Å². The molecule has 1 aromatic heterocycles. The minimum absolute atomic E-state index is 0.0523. The van der Waals surface area contributed by atoms with E-state index in [-0.39, 0.29) is 29.5 Å². The summed E-state index contributed by atoms with van der Waals surface area (Å²) in [4.78, 5) is 27.8. The maximum Gasteiger partial charge on any atom is 0.223 e. The molecule has 2 amide bonds. The first-order chi connectivity index (χ1) is 14.1. The molecular weight excluding hydrogens is 369 g/mol. The Morgan fingerprint density at radius 1 is 0.931 bits per heavy atom. The number of H-pyrrole nitrogens is 1. The third-order valence-electron chi connectivity index (χ3n) is 5.46. The number of halogens is 1. The van der Waals surface area contributed by atoms with E-state index in [0.717, 1.165) is 17.5 Å². The van der Waals surface area contributed by atoms with E-state index in [1.54, 1.807) is 12.1 Å². The van der Waals surface area contributed by atoms with Crippen LogP contribution in [0.2, 0.25) is 0 Å². The Morgan fingerprint density at radius 3 is 2.31 bits per heavy atom. The molecule has 0 bridgehead atoms. The second-order valence-electron chi connectivity index (χ2n) is 7.52. The van der Waals surface area contributed by atoms with Gasteiger partial charge in [0.15, 0.2) is 0 Å². The van der Waals surface area contributed by atoms with Gasteiger partial charge in [-0.3, -0.25) is 9.59 Å². The fraction of sp³-hybridized carbons (Fsp3) is 0.304. The third-order valence-corrected chi connectivity index (χ3v) is 5.46. The number of hydrogen-bond donors (Lipinski definition) is 3. The van der Waals surface area contributed by atoms with Crippen molar-refractivity contribution >= 4 is 22.7 Å². The lowest BCUT2D eigenvalue weighted by Gasteiger charge is -2.06. The van der Waals surface area contributed by atoms with Crippen molar-refractivity contribution in [2.45, 2.75) is 19.3 Å². The Morgan fingerprint density at radius 2 is 1.59 bits per heavy atom.